The van der Waals surface area contributed by atoms with Gasteiger partial charge in [-0.2, -0.15) is 4.31 Å². The maximum absolute atomic E-state index is 13.4. The van der Waals surface area contributed by atoms with Crippen molar-refractivity contribution in [3.05, 3.63) is 63.9 Å². The number of piperidine rings is 1. The van der Waals surface area contributed by atoms with Gasteiger partial charge in [-0.3, -0.25) is 4.79 Å². The molecule has 32 heavy (non-hydrogen) atoms. The number of hydrogen-bond donors (Lipinski definition) is 0. The summed E-state index contributed by atoms with van der Waals surface area (Å²) in [5, 5.41) is 0.487. The van der Waals surface area contributed by atoms with E-state index in [9.17, 15) is 17.6 Å². The van der Waals surface area contributed by atoms with E-state index in [1.165, 1.54) is 10.4 Å². The molecule has 9 heteroatoms. The van der Waals surface area contributed by atoms with Crippen LogP contribution < -0.4 is 0 Å². The number of benzene rings is 2. The van der Waals surface area contributed by atoms with E-state index in [1.54, 1.807) is 0 Å². The molecular formula is C23H25Cl2FN2O3S. The maximum atomic E-state index is 13.4. The predicted octanol–water partition coefficient (Wildman–Crippen LogP) is 4.77. The van der Waals surface area contributed by atoms with Crippen LogP contribution >= 0.6 is 23.2 Å². The average Bonchev–Trinajstić information content (AvgIpc) is 3.25. The van der Waals surface area contributed by atoms with E-state index in [0.717, 1.165) is 43.5 Å². The smallest absolute Gasteiger partial charge is 0.243 e. The largest absolute Gasteiger partial charge is 0.339 e. The number of sulfonamides is 1. The molecule has 2 saturated heterocycles. The fourth-order valence-electron chi connectivity index (χ4n) is 4.62. The van der Waals surface area contributed by atoms with Crippen molar-refractivity contribution < 1.29 is 17.6 Å². The summed E-state index contributed by atoms with van der Waals surface area (Å²) in [6.07, 6.45) is 3.55. The molecule has 2 fully saturated rings. The molecule has 2 aromatic carbocycles. The molecule has 2 heterocycles. The van der Waals surface area contributed by atoms with Crippen LogP contribution in [0.4, 0.5) is 4.39 Å². The summed E-state index contributed by atoms with van der Waals surface area (Å²) in [5.74, 6) is -0.765. The van der Waals surface area contributed by atoms with Gasteiger partial charge in [-0.15, -0.1) is 0 Å². The van der Waals surface area contributed by atoms with Crippen LogP contribution in [0.3, 0.4) is 0 Å². The van der Waals surface area contributed by atoms with Crippen LogP contribution in [0.25, 0.3) is 0 Å². The highest BCUT2D eigenvalue weighted by atomic mass is 35.5. The molecule has 2 aliphatic heterocycles. The van der Waals surface area contributed by atoms with Crippen molar-refractivity contribution in [2.75, 3.05) is 19.6 Å². The quantitative estimate of drug-likeness (QED) is 0.596. The van der Waals surface area contributed by atoms with Crippen molar-refractivity contribution in [2.24, 2.45) is 5.92 Å². The van der Waals surface area contributed by atoms with Crippen molar-refractivity contribution in [1.82, 2.24) is 9.21 Å². The van der Waals surface area contributed by atoms with Gasteiger partial charge in [0.2, 0.25) is 15.9 Å². The van der Waals surface area contributed by atoms with Gasteiger partial charge in [0.05, 0.1) is 9.92 Å². The van der Waals surface area contributed by atoms with Crippen molar-refractivity contribution in [3.63, 3.8) is 0 Å². The first-order chi connectivity index (χ1) is 15.3. The summed E-state index contributed by atoms with van der Waals surface area (Å²) in [4.78, 5) is 15.2. The summed E-state index contributed by atoms with van der Waals surface area (Å²) in [7, 11) is -3.78. The third-order valence-electron chi connectivity index (χ3n) is 6.41. The Morgan fingerprint density at radius 1 is 1.00 bits per heavy atom. The molecule has 0 radical (unpaired) electrons. The Bertz CT molecular complexity index is 1100. The predicted molar refractivity (Wildman–Crippen MR) is 123 cm³/mol. The number of carbonyl (C=O) groups excluding carboxylic acids is 1. The van der Waals surface area contributed by atoms with Gasteiger partial charge in [0.25, 0.3) is 0 Å². The van der Waals surface area contributed by atoms with Crippen LogP contribution in [0.2, 0.25) is 10.0 Å². The minimum atomic E-state index is -3.78. The lowest BCUT2D eigenvalue weighted by atomic mass is 9.95. The van der Waals surface area contributed by atoms with E-state index in [-0.39, 0.29) is 40.9 Å². The van der Waals surface area contributed by atoms with Crippen molar-refractivity contribution in [1.29, 1.82) is 0 Å². The van der Waals surface area contributed by atoms with Gasteiger partial charge in [0, 0.05) is 36.6 Å². The molecule has 1 atom stereocenters. The molecule has 1 unspecified atom stereocenters. The van der Waals surface area contributed by atoms with Crippen molar-refractivity contribution in [3.8, 4) is 0 Å². The van der Waals surface area contributed by atoms with Gasteiger partial charge in [-0.1, -0.05) is 41.4 Å². The lowest BCUT2D eigenvalue weighted by Crippen LogP contribution is -2.46. The van der Waals surface area contributed by atoms with E-state index in [0.29, 0.717) is 17.9 Å². The highest BCUT2D eigenvalue weighted by Crippen LogP contribution is 2.31. The third kappa shape index (κ3) is 4.81. The molecule has 0 bridgehead atoms. The molecule has 0 aliphatic carbocycles. The van der Waals surface area contributed by atoms with E-state index in [4.69, 9.17) is 23.2 Å². The Kier molecular flexibility index (Phi) is 7.10. The fraction of sp³-hybridized carbons (Fsp3) is 0.435. The zero-order chi connectivity index (χ0) is 22.9. The zero-order valence-electron chi connectivity index (χ0n) is 17.5. The lowest BCUT2D eigenvalue weighted by molar-refractivity contribution is -0.137. The zero-order valence-corrected chi connectivity index (χ0v) is 19.8. The summed E-state index contributed by atoms with van der Waals surface area (Å²) >= 11 is 12.1. The van der Waals surface area contributed by atoms with Crippen LogP contribution in [0.1, 0.15) is 31.2 Å². The third-order valence-corrected chi connectivity index (χ3v) is 8.96. The van der Waals surface area contributed by atoms with Gasteiger partial charge in [-0.05, 0) is 61.9 Å². The SMILES string of the molecule is O=C(C1CCN(S(=O)(=O)c2ccc(F)c(Cl)c2)CC1)N1CCCC1Cc1ccccc1Cl. The van der Waals surface area contributed by atoms with Crippen molar-refractivity contribution >= 4 is 39.1 Å². The van der Waals surface area contributed by atoms with Crippen LogP contribution in [-0.4, -0.2) is 49.2 Å². The summed E-state index contributed by atoms with van der Waals surface area (Å²) in [6, 6.07) is 11.2. The minimum Gasteiger partial charge on any atom is -0.339 e. The van der Waals surface area contributed by atoms with Crippen molar-refractivity contribution in [2.45, 2.75) is 43.0 Å². The fourth-order valence-corrected chi connectivity index (χ4v) is 6.57. The Hall–Kier alpha value is -1.67. The molecule has 2 aliphatic rings. The van der Waals surface area contributed by atoms with E-state index in [2.05, 4.69) is 0 Å². The molecule has 2 aromatic rings. The number of nitrogens with zero attached hydrogens (tertiary/aromatic N) is 2. The Morgan fingerprint density at radius 2 is 1.72 bits per heavy atom. The molecule has 0 spiro atoms. The van der Waals surface area contributed by atoms with Crippen LogP contribution in [0.5, 0.6) is 0 Å². The number of amides is 1. The van der Waals surface area contributed by atoms with Gasteiger partial charge >= 0.3 is 0 Å². The second kappa shape index (κ2) is 9.67. The standard InChI is InChI=1S/C23H25Cl2FN2O3S/c24-20-6-2-1-4-17(20)14-18-5-3-11-28(18)23(29)16-9-12-27(13-10-16)32(30,31)19-7-8-22(26)21(25)15-19/h1-2,4,6-8,15-16,18H,3,5,9-14H2. The van der Waals surface area contributed by atoms with Gasteiger partial charge in [0.1, 0.15) is 5.82 Å². The molecule has 0 aromatic heterocycles. The van der Waals surface area contributed by atoms with Gasteiger partial charge in [-0.25, -0.2) is 12.8 Å². The molecule has 0 saturated carbocycles. The summed E-state index contributed by atoms with van der Waals surface area (Å²) in [6.45, 7) is 1.22. The number of halogens is 3. The average molecular weight is 499 g/mol. The summed E-state index contributed by atoms with van der Waals surface area (Å²) in [5.41, 5.74) is 1.04. The number of hydrogen-bond acceptors (Lipinski definition) is 3. The molecule has 172 valence electrons. The highest BCUT2D eigenvalue weighted by Gasteiger charge is 2.37. The molecular weight excluding hydrogens is 474 g/mol. The lowest BCUT2D eigenvalue weighted by Gasteiger charge is -2.34. The number of rotatable bonds is 5. The first-order valence-corrected chi connectivity index (χ1v) is 13.0. The molecule has 5 nitrogen and oxygen atoms in total. The Morgan fingerprint density at radius 3 is 2.41 bits per heavy atom. The van der Waals surface area contributed by atoms with Crippen LogP contribution in [0.15, 0.2) is 47.4 Å². The van der Waals surface area contributed by atoms with Crippen LogP contribution in [-0.2, 0) is 21.2 Å². The first kappa shape index (κ1) is 23.5. The minimum absolute atomic E-state index is 0.0342. The highest BCUT2D eigenvalue weighted by molar-refractivity contribution is 7.89. The maximum Gasteiger partial charge on any atom is 0.243 e. The van der Waals surface area contributed by atoms with E-state index < -0.39 is 15.8 Å². The van der Waals surface area contributed by atoms with E-state index in [1.807, 2.05) is 29.2 Å². The topological polar surface area (TPSA) is 57.7 Å². The molecule has 0 N–H and O–H groups in total. The Balaban J connectivity index is 1.39. The van der Waals surface area contributed by atoms with Gasteiger partial charge in [0.15, 0.2) is 0 Å². The number of likely N-dealkylation sites (tertiary alicyclic amines) is 1. The normalized spacial score (nSPS) is 20.6. The molecule has 1 amide bonds. The van der Waals surface area contributed by atoms with Crippen LogP contribution in [0, 0.1) is 11.7 Å². The molecule has 4 rings (SSSR count). The summed E-state index contributed by atoms with van der Waals surface area (Å²) < 4.78 is 40.6. The monoisotopic (exact) mass is 498 g/mol. The van der Waals surface area contributed by atoms with E-state index >= 15 is 0 Å². The van der Waals surface area contributed by atoms with Gasteiger partial charge < -0.3 is 4.90 Å². The first-order valence-electron chi connectivity index (χ1n) is 10.8. The number of carbonyl (C=O) groups is 1. The Labute approximate surface area is 198 Å². The second-order valence-electron chi connectivity index (χ2n) is 8.38. The second-order valence-corrected chi connectivity index (χ2v) is 11.1.